The average Bonchev–Trinajstić information content (AvgIpc) is 2.72. The number of ketones is 1. The zero-order valence-corrected chi connectivity index (χ0v) is 16.0. The van der Waals surface area contributed by atoms with Crippen LogP contribution in [0, 0.1) is 0 Å². The van der Waals surface area contributed by atoms with Gasteiger partial charge in [-0.1, -0.05) is 60.1 Å². The van der Waals surface area contributed by atoms with Crippen molar-refractivity contribution in [2.45, 2.75) is 19.4 Å². The first-order chi connectivity index (χ1) is 13.6. The largest absolute Gasteiger partial charge is 0.293 e. The van der Waals surface area contributed by atoms with Gasteiger partial charge in [0.2, 0.25) is 5.95 Å². The predicted octanol–water partition coefficient (Wildman–Crippen LogP) is 4.90. The van der Waals surface area contributed by atoms with Crippen molar-refractivity contribution in [2.24, 2.45) is 0 Å². The smallest absolute Gasteiger partial charge is 0.247 e. The summed E-state index contributed by atoms with van der Waals surface area (Å²) < 4.78 is 0. The Labute approximate surface area is 168 Å². The molecule has 6 heteroatoms. The summed E-state index contributed by atoms with van der Waals surface area (Å²) in [7, 11) is 0. The summed E-state index contributed by atoms with van der Waals surface area (Å²) in [6.07, 6.45) is 3.49. The maximum Gasteiger partial charge on any atom is 0.247 e. The molecule has 28 heavy (non-hydrogen) atoms. The Kier molecular flexibility index (Phi) is 5.19. The van der Waals surface area contributed by atoms with E-state index >= 15 is 0 Å². The Balaban J connectivity index is 1.56. The molecule has 0 saturated carbocycles. The van der Waals surface area contributed by atoms with Crippen molar-refractivity contribution in [1.82, 2.24) is 9.97 Å². The zero-order valence-electron chi connectivity index (χ0n) is 15.2. The highest BCUT2D eigenvalue weighted by molar-refractivity contribution is 6.37. The number of rotatable bonds is 5. The number of fused-ring (bicyclic) bond motifs is 1. The zero-order chi connectivity index (χ0) is 19.5. The molecule has 1 N–H and O–H groups in total. The first-order valence-corrected chi connectivity index (χ1v) is 9.31. The highest BCUT2D eigenvalue weighted by atomic mass is 35.5. The third-order valence-electron chi connectivity index (χ3n) is 4.63. The Morgan fingerprint density at radius 1 is 1.11 bits per heavy atom. The molecule has 1 unspecified atom stereocenters. The number of hydrogen-bond acceptors (Lipinski definition) is 5. The van der Waals surface area contributed by atoms with Gasteiger partial charge in [-0.15, -0.1) is 0 Å². The van der Waals surface area contributed by atoms with Gasteiger partial charge in [0.1, 0.15) is 0 Å². The summed E-state index contributed by atoms with van der Waals surface area (Å²) in [4.78, 5) is 27.2. The molecule has 0 spiro atoms. The fraction of sp³-hybridized carbons (Fsp3) is 0.136. The molecule has 140 valence electrons. The van der Waals surface area contributed by atoms with E-state index in [2.05, 4.69) is 15.4 Å². The van der Waals surface area contributed by atoms with Crippen LogP contribution in [0.4, 0.5) is 5.95 Å². The molecule has 0 aliphatic heterocycles. The normalized spacial score (nSPS) is 15.7. The molecule has 1 atom stereocenters. The van der Waals surface area contributed by atoms with Crippen LogP contribution in [0.3, 0.4) is 0 Å². The van der Waals surface area contributed by atoms with Crippen LogP contribution < -0.4 is 5.48 Å². The van der Waals surface area contributed by atoms with Crippen LogP contribution in [0.2, 0.25) is 5.02 Å². The number of anilines is 1. The second-order valence-corrected chi connectivity index (χ2v) is 6.94. The number of benzene rings is 2. The molecule has 1 aromatic heterocycles. The van der Waals surface area contributed by atoms with E-state index in [0.29, 0.717) is 28.8 Å². The summed E-state index contributed by atoms with van der Waals surface area (Å²) in [6, 6.07) is 17.1. The van der Waals surface area contributed by atoms with Gasteiger partial charge in [0, 0.05) is 27.9 Å². The fourth-order valence-electron chi connectivity index (χ4n) is 3.14. The Morgan fingerprint density at radius 2 is 1.86 bits per heavy atom. The first kappa shape index (κ1) is 18.3. The van der Waals surface area contributed by atoms with Crippen molar-refractivity contribution in [1.29, 1.82) is 0 Å². The van der Waals surface area contributed by atoms with Gasteiger partial charge in [0.05, 0.1) is 18.2 Å². The second kappa shape index (κ2) is 7.92. The molecular weight excluding hydrogens is 374 g/mol. The van der Waals surface area contributed by atoms with Crippen LogP contribution in [0.5, 0.6) is 0 Å². The lowest BCUT2D eigenvalue weighted by Gasteiger charge is -2.21. The summed E-state index contributed by atoms with van der Waals surface area (Å²) in [6.45, 7) is 2.22. The number of aromatic nitrogens is 2. The molecule has 5 nitrogen and oxygen atoms in total. The number of Topliss-reactive ketones (excluding diaryl/α,β-unsaturated/α-hetero) is 1. The lowest BCUT2D eigenvalue weighted by Crippen LogP contribution is -2.19. The molecular formula is C22H18ClN3O2. The van der Waals surface area contributed by atoms with E-state index in [1.807, 2.05) is 55.5 Å². The average molecular weight is 392 g/mol. The van der Waals surface area contributed by atoms with Crippen LogP contribution in [-0.2, 0) is 16.2 Å². The van der Waals surface area contributed by atoms with Crippen molar-refractivity contribution < 1.29 is 9.63 Å². The molecule has 2 aromatic carbocycles. The van der Waals surface area contributed by atoms with Crippen molar-refractivity contribution in [2.75, 3.05) is 5.48 Å². The summed E-state index contributed by atoms with van der Waals surface area (Å²) in [5.41, 5.74) is 6.56. The van der Waals surface area contributed by atoms with E-state index in [9.17, 15) is 4.79 Å². The van der Waals surface area contributed by atoms with Crippen molar-refractivity contribution >= 4 is 35.0 Å². The predicted molar refractivity (Wildman–Crippen MR) is 110 cm³/mol. The number of carbonyl (C=O) groups excluding carboxylic acids is 1. The van der Waals surface area contributed by atoms with E-state index in [4.69, 9.17) is 16.4 Å². The van der Waals surface area contributed by atoms with Gasteiger partial charge in [0.15, 0.2) is 5.78 Å². The molecule has 0 amide bonds. The number of nitrogens with one attached hydrogen (secondary N) is 1. The van der Waals surface area contributed by atoms with E-state index < -0.39 is 5.92 Å². The van der Waals surface area contributed by atoms with Gasteiger partial charge >= 0.3 is 0 Å². The Morgan fingerprint density at radius 3 is 2.64 bits per heavy atom. The van der Waals surface area contributed by atoms with Crippen molar-refractivity contribution in [3.05, 3.63) is 88.2 Å². The van der Waals surface area contributed by atoms with E-state index in [-0.39, 0.29) is 5.78 Å². The van der Waals surface area contributed by atoms with Gasteiger partial charge in [-0.3, -0.25) is 9.63 Å². The molecule has 0 fully saturated rings. The number of nitrogens with zero attached hydrogens (tertiary/aromatic N) is 2. The van der Waals surface area contributed by atoms with Gasteiger partial charge in [-0.05, 0) is 24.6 Å². The van der Waals surface area contributed by atoms with Gasteiger partial charge < -0.3 is 0 Å². The quantitative estimate of drug-likeness (QED) is 0.626. The lowest BCUT2D eigenvalue weighted by molar-refractivity contribution is -0.114. The highest BCUT2D eigenvalue weighted by Gasteiger charge is 2.29. The van der Waals surface area contributed by atoms with E-state index in [0.717, 1.165) is 16.7 Å². The van der Waals surface area contributed by atoms with Crippen LogP contribution in [0.15, 0.2) is 60.8 Å². The Hall–Kier alpha value is -3.02. The van der Waals surface area contributed by atoms with Crippen LogP contribution >= 0.6 is 11.6 Å². The van der Waals surface area contributed by atoms with Crippen molar-refractivity contribution in [3.63, 3.8) is 0 Å². The topological polar surface area (TPSA) is 64.1 Å². The minimum Gasteiger partial charge on any atom is -0.293 e. The van der Waals surface area contributed by atoms with Crippen LogP contribution in [0.1, 0.15) is 35.2 Å². The molecule has 0 saturated heterocycles. The minimum absolute atomic E-state index is 0.0181. The van der Waals surface area contributed by atoms with E-state index in [1.54, 1.807) is 18.3 Å². The SMILES string of the molecule is CC1C(=O)C(c2ccccc2Cl)=Cc2cnc(NOCc3ccccc3)nc21. The van der Waals surface area contributed by atoms with Gasteiger partial charge in [0.25, 0.3) is 0 Å². The molecule has 1 aliphatic carbocycles. The first-order valence-electron chi connectivity index (χ1n) is 8.93. The van der Waals surface area contributed by atoms with Crippen LogP contribution in [0.25, 0.3) is 11.6 Å². The molecule has 0 bridgehead atoms. The number of carbonyl (C=O) groups is 1. The third kappa shape index (κ3) is 3.67. The molecule has 1 aliphatic rings. The summed E-state index contributed by atoms with van der Waals surface area (Å²) >= 11 is 6.28. The maximum absolute atomic E-state index is 12.9. The lowest BCUT2D eigenvalue weighted by atomic mass is 9.84. The standard InChI is InChI=1S/C22H18ClN3O2/c1-14-20-16(11-18(21(14)27)17-9-5-6-10-19(17)23)12-24-22(25-20)26-28-13-15-7-3-2-4-8-15/h2-12,14H,13H2,1H3,(H,24,25,26). The summed E-state index contributed by atoms with van der Waals surface area (Å²) in [5.74, 6) is -0.0941. The summed E-state index contributed by atoms with van der Waals surface area (Å²) in [5, 5.41) is 0.547. The number of allylic oxidation sites excluding steroid dienone is 1. The second-order valence-electron chi connectivity index (χ2n) is 6.53. The molecule has 1 heterocycles. The highest BCUT2D eigenvalue weighted by Crippen LogP contribution is 2.36. The van der Waals surface area contributed by atoms with Crippen molar-refractivity contribution in [3.8, 4) is 0 Å². The third-order valence-corrected chi connectivity index (χ3v) is 4.96. The minimum atomic E-state index is -0.399. The molecule has 0 radical (unpaired) electrons. The van der Waals surface area contributed by atoms with E-state index in [1.165, 1.54) is 0 Å². The van der Waals surface area contributed by atoms with Crippen LogP contribution in [-0.4, -0.2) is 15.8 Å². The Bertz CT molecular complexity index is 1050. The van der Waals surface area contributed by atoms with Gasteiger partial charge in [-0.25, -0.2) is 15.4 Å². The number of halogens is 1. The maximum atomic E-state index is 12.9. The monoisotopic (exact) mass is 391 g/mol. The molecule has 4 rings (SSSR count). The fourth-order valence-corrected chi connectivity index (χ4v) is 3.38. The molecule has 3 aromatic rings. The number of hydrogen-bond donors (Lipinski definition) is 1. The van der Waals surface area contributed by atoms with Gasteiger partial charge in [-0.2, -0.15) is 0 Å².